The van der Waals surface area contributed by atoms with Gasteiger partial charge >= 0.3 is 11.9 Å². The molecule has 2 N–H and O–H groups in total. The fraction of sp³-hybridized carbons (Fsp3) is 0.345. The number of hydrogen-bond donors (Lipinski definition) is 2. The normalized spacial score (nSPS) is 16.1. The highest BCUT2D eigenvalue weighted by molar-refractivity contribution is 6.32. The molecule has 18 heteroatoms. The SMILES string of the molecule is COC(=O)[C@](C)(CO)N(C)Cc1cc(Cl)c(O[C@H]2CCc3c(-c4cccc5c4CC[C@@H]5Oc4cc(OCc5cncc(C#N)c5)c(CN(C)[C@@](C)(CO)C(=O)OC)cc4Cl)cccc32)cc1OCc1cncc(C#N)c1. The van der Waals surface area contributed by atoms with Crippen LogP contribution in [0.1, 0.15) is 94.5 Å². The number of nitrogens with zero attached hydrogens (tertiary/aromatic N) is 6. The van der Waals surface area contributed by atoms with Crippen molar-refractivity contribution in [1.29, 1.82) is 10.5 Å². The molecule has 0 spiro atoms. The molecule has 8 rings (SSSR count). The average molecular weight is 1070 g/mol. The second-order valence-electron chi connectivity index (χ2n) is 19.3. The van der Waals surface area contributed by atoms with Gasteiger partial charge in [0.25, 0.3) is 0 Å². The number of carbonyl (C=O) groups is 2. The number of ether oxygens (including phenoxy) is 6. The number of rotatable bonds is 21. The largest absolute Gasteiger partial charge is 0.488 e. The minimum Gasteiger partial charge on any atom is -0.488 e. The number of likely N-dealkylation sites (N-methyl/N-ethyl adjacent to an activating group) is 2. The number of aliphatic hydroxyl groups excluding tert-OH is 2. The Kier molecular flexibility index (Phi) is 17.2. The molecule has 0 saturated heterocycles. The van der Waals surface area contributed by atoms with Gasteiger partial charge in [-0.2, -0.15) is 10.5 Å². The summed E-state index contributed by atoms with van der Waals surface area (Å²) in [6, 6.07) is 27.1. The van der Waals surface area contributed by atoms with E-state index in [0.29, 0.717) is 79.3 Å². The van der Waals surface area contributed by atoms with Crippen molar-refractivity contribution in [3.8, 4) is 46.3 Å². The highest BCUT2D eigenvalue weighted by Crippen LogP contribution is 2.47. The van der Waals surface area contributed by atoms with Gasteiger partial charge in [-0.1, -0.05) is 59.6 Å². The van der Waals surface area contributed by atoms with Crippen molar-refractivity contribution >= 4 is 35.1 Å². The number of nitriles is 2. The maximum Gasteiger partial charge on any atom is 0.328 e. The van der Waals surface area contributed by atoms with E-state index in [1.165, 1.54) is 26.6 Å². The Bertz CT molecular complexity index is 3020. The van der Waals surface area contributed by atoms with E-state index in [1.54, 1.807) is 86.5 Å². The number of benzene rings is 4. The number of hydrogen-bond acceptors (Lipinski definition) is 16. The van der Waals surface area contributed by atoms with Crippen LogP contribution >= 0.6 is 23.2 Å². The van der Waals surface area contributed by atoms with E-state index < -0.39 is 36.2 Å². The van der Waals surface area contributed by atoms with Crippen LogP contribution in [0.2, 0.25) is 10.0 Å². The Balaban J connectivity index is 1.06. The van der Waals surface area contributed by atoms with E-state index in [2.05, 4.69) is 46.4 Å². The quantitative estimate of drug-likeness (QED) is 0.0644. The first kappa shape index (κ1) is 55.0. The molecule has 0 fully saturated rings. The zero-order valence-corrected chi connectivity index (χ0v) is 44.6. The van der Waals surface area contributed by atoms with Gasteiger partial charge in [-0.25, -0.2) is 9.59 Å². The molecule has 394 valence electrons. The summed E-state index contributed by atoms with van der Waals surface area (Å²) >= 11 is 14.1. The van der Waals surface area contributed by atoms with E-state index in [-0.39, 0.29) is 38.5 Å². The average Bonchev–Trinajstić information content (AvgIpc) is 4.06. The van der Waals surface area contributed by atoms with Crippen molar-refractivity contribution in [2.24, 2.45) is 0 Å². The molecular weight excluding hydrogens is 1010 g/mol. The van der Waals surface area contributed by atoms with Crippen LogP contribution in [0.4, 0.5) is 0 Å². The number of esters is 2. The maximum atomic E-state index is 12.8. The lowest BCUT2D eigenvalue weighted by Crippen LogP contribution is -2.53. The molecule has 0 unspecified atom stereocenters. The number of halogens is 2. The van der Waals surface area contributed by atoms with Gasteiger partial charge in [0.05, 0.1) is 48.6 Å². The van der Waals surface area contributed by atoms with Crippen LogP contribution in [0, 0.1) is 22.7 Å². The molecule has 2 aliphatic rings. The zero-order chi connectivity index (χ0) is 54.3. The van der Waals surface area contributed by atoms with Crippen molar-refractivity contribution in [1.82, 2.24) is 19.8 Å². The second kappa shape index (κ2) is 23.7. The standard InChI is InChI=1S/C58H58Cl2N6O10/c1-57(33-67,55(69)71-5)65(3)29-39-19-47(59)53(21-51(39)73-31-37-17-35(23-61)25-63-27-37)75-49-15-13-43-41(9-7-11-45(43)49)42-10-8-12-46-44(42)14-16-50(46)76-54-22-52(74-32-38-18-36(24-62)26-64-28-38)40(20-48(54)60)30-66(4)58(2,34-68)56(70)72-6/h7-12,17-22,25-28,49-50,67-68H,13-16,29-34H2,1-6H3/t49-,50-,57-,58-/m0/s1. The van der Waals surface area contributed by atoms with Crippen molar-refractivity contribution in [2.75, 3.05) is 41.5 Å². The first-order chi connectivity index (χ1) is 36.6. The molecule has 2 aromatic heterocycles. The number of aliphatic hydroxyl groups is 2. The van der Waals surface area contributed by atoms with Crippen LogP contribution in [0.3, 0.4) is 0 Å². The van der Waals surface area contributed by atoms with Gasteiger partial charge in [-0.3, -0.25) is 19.8 Å². The minimum absolute atomic E-state index is 0.0774. The van der Waals surface area contributed by atoms with Gasteiger partial charge in [-0.15, -0.1) is 0 Å². The number of methoxy groups -OCH3 is 2. The summed E-state index contributed by atoms with van der Waals surface area (Å²) in [5, 5.41) is 40.2. The molecule has 0 amide bonds. The van der Waals surface area contributed by atoms with Crippen molar-refractivity contribution in [3.05, 3.63) is 163 Å². The van der Waals surface area contributed by atoms with E-state index >= 15 is 0 Å². The van der Waals surface area contributed by atoms with E-state index in [0.717, 1.165) is 46.2 Å². The van der Waals surface area contributed by atoms with Gasteiger partial charge in [0, 0.05) is 72.3 Å². The third-order valence-corrected chi connectivity index (χ3v) is 15.1. The summed E-state index contributed by atoms with van der Waals surface area (Å²) < 4.78 is 36.4. The molecular formula is C58H58Cl2N6O10. The first-order valence-corrected chi connectivity index (χ1v) is 25.3. The fourth-order valence-corrected chi connectivity index (χ4v) is 10.2. The summed E-state index contributed by atoms with van der Waals surface area (Å²) in [6.07, 6.45) is 8.35. The summed E-state index contributed by atoms with van der Waals surface area (Å²) in [5.74, 6) is 0.449. The minimum atomic E-state index is -1.36. The number of pyridine rings is 2. The topological polar surface area (TPSA) is 210 Å². The molecule has 16 nitrogen and oxygen atoms in total. The lowest BCUT2D eigenvalue weighted by atomic mass is 9.91. The van der Waals surface area contributed by atoms with Crippen molar-refractivity contribution in [3.63, 3.8) is 0 Å². The van der Waals surface area contributed by atoms with Crippen LogP contribution in [0.15, 0.2) is 97.6 Å². The summed E-state index contributed by atoms with van der Waals surface area (Å²) in [7, 11) is 5.94. The Morgan fingerprint density at radius 3 is 1.42 bits per heavy atom. The highest BCUT2D eigenvalue weighted by atomic mass is 35.5. The predicted octanol–water partition coefficient (Wildman–Crippen LogP) is 9.20. The molecule has 2 heterocycles. The predicted molar refractivity (Wildman–Crippen MR) is 283 cm³/mol. The number of fused-ring (bicyclic) bond motifs is 2. The van der Waals surface area contributed by atoms with Gasteiger partial charge in [-0.05, 0) is 111 Å². The van der Waals surface area contributed by atoms with E-state index in [1.807, 2.05) is 12.1 Å². The molecule has 4 atom stereocenters. The highest BCUT2D eigenvalue weighted by Gasteiger charge is 2.40. The Morgan fingerprint density at radius 1 is 0.645 bits per heavy atom. The molecule has 0 saturated carbocycles. The summed E-state index contributed by atoms with van der Waals surface area (Å²) in [4.78, 5) is 37.3. The maximum absolute atomic E-state index is 12.8. The van der Waals surface area contributed by atoms with Crippen molar-refractivity contribution in [2.45, 2.75) is 89.1 Å². The molecule has 2 aliphatic carbocycles. The summed E-state index contributed by atoms with van der Waals surface area (Å²) in [5.41, 5.74) is 7.24. The van der Waals surface area contributed by atoms with Gasteiger partial charge in [0.2, 0.25) is 0 Å². The Labute approximate surface area is 451 Å². The molecule has 6 aromatic rings. The van der Waals surface area contributed by atoms with Crippen LogP contribution in [-0.4, -0.2) is 94.5 Å². The smallest absolute Gasteiger partial charge is 0.328 e. The van der Waals surface area contributed by atoms with Gasteiger partial charge in [0.1, 0.15) is 71.6 Å². The number of aromatic nitrogens is 2. The lowest BCUT2D eigenvalue weighted by molar-refractivity contribution is -0.157. The number of carbonyl (C=O) groups excluding carboxylic acids is 2. The second-order valence-corrected chi connectivity index (χ2v) is 20.2. The summed E-state index contributed by atoms with van der Waals surface area (Å²) in [6.45, 7) is 2.66. The molecule has 76 heavy (non-hydrogen) atoms. The monoisotopic (exact) mass is 1070 g/mol. The van der Waals surface area contributed by atoms with Crippen LogP contribution in [0.25, 0.3) is 11.1 Å². The zero-order valence-electron chi connectivity index (χ0n) is 43.1. The third kappa shape index (κ3) is 11.4. The van der Waals surface area contributed by atoms with Gasteiger partial charge < -0.3 is 38.6 Å². The molecule has 4 aromatic carbocycles. The van der Waals surface area contributed by atoms with E-state index in [4.69, 9.17) is 51.6 Å². The first-order valence-electron chi connectivity index (χ1n) is 24.5. The van der Waals surface area contributed by atoms with Crippen LogP contribution < -0.4 is 18.9 Å². The third-order valence-electron chi connectivity index (χ3n) is 14.5. The Hall–Kier alpha value is -7.28. The van der Waals surface area contributed by atoms with Gasteiger partial charge in [0.15, 0.2) is 0 Å². The molecule has 0 radical (unpaired) electrons. The van der Waals surface area contributed by atoms with Crippen molar-refractivity contribution < 1.29 is 48.2 Å². The molecule has 0 aliphatic heterocycles. The molecule has 0 bridgehead atoms. The lowest BCUT2D eigenvalue weighted by Gasteiger charge is -2.35. The van der Waals surface area contributed by atoms with Crippen LogP contribution in [0.5, 0.6) is 23.0 Å². The van der Waals surface area contributed by atoms with E-state index in [9.17, 15) is 30.3 Å². The van der Waals surface area contributed by atoms with Crippen LogP contribution in [-0.2, 0) is 58.2 Å². The Morgan fingerprint density at radius 2 is 1.05 bits per heavy atom. The fourth-order valence-electron chi connectivity index (χ4n) is 9.70.